The summed E-state index contributed by atoms with van der Waals surface area (Å²) in [5, 5.41) is 9.52. The Balaban J connectivity index is 2.14. The molecule has 0 aliphatic carbocycles. The third kappa shape index (κ3) is 2.77. The van der Waals surface area contributed by atoms with Crippen molar-refractivity contribution in [3.63, 3.8) is 0 Å². The van der Waals surface area contributed by atoms with Crippen molar-refractivity contribution in [2.24, 2.45) is 24.3 Å². The van der Waals surface area contributed by atoms with E-state index in [1.54, 1.807) is 24.1 Å². The molecule has 0 saturated carbocycles. The molecule has 2 atom stereocenters. The zero-order valence-electron chi connectivity index (χ0n) is 11.7. The van der Waals surface area contributed by atoms with Crippen LogP contribution in [0.1, 0.15) is 20.8 Å². The molecule has 6 nitrogen and oxygen atoms in total. The standard InChI is InChI=1S/C13H20N4O2/c1-13(2,3)9-6-14-11(18)10(9)12(19)16-8-5-15-17(4)7-8/h5,7,9-10H,6H2,1-4H3,(H,14,18)(H,16,19)/t9-,10+/m0/s1. The molecule has 0 bridgehead atoms. The normalized spacial score (nSPS) is 23.3. The van der Waals surface area contributed by atoms with Crippen LogP contribution in [-0.2, 0) is 16.6 Å². The summed E-state index contributed by atoms with van der Waals surface area (Å²) in [6.07, 6.45) is 3.27. The lowest BCUT2D eigenvalue weighted by Gasteiger charge is -2.29. The number of nitrogens with zero attached hydrogens (tertiary/aromatic N) is 2. The van der Waals surface area contributed by atoms with Crippen molar-refractivity contribution < 1.29 is 9.59 Å². The smallest absolute Gasteiger partial charge is 0.237 e. The van der Waals surface area contributed by atoms with E-state index >= 15 is 0 Å². The molecule has 0 radical (unpaired) electrons. The van der Waals surface area contributed by atoms with E-state index in [9.17, 15) is 9.59 Å². The van der Waals surface area contributed by atoms with Gasteiger partial charge in [-0.2, -0.15) is 5.10 Å². The van der Waals surface area contributed by atoms with E-state index in [1.807, 2.05) is 20.8 Å². The van der Waals surface area contributed by atoms with Crippen molar-refractivity contribution in [1.29, 1.82) is 0 Å². The number of carbonyl (C=O) groups is 2. The minimum atomic E-state index is -0.639. The highest BCUT2D eigenvalue weighted by molar-refractivity contribution is 6.07. The highest BCUT2D eigenvalue weighted by atomic mass is 16.2. The molecule has 1 aliphatic rings. The third-order valence-electron chi connectivity index (χ3n) is 3.55. The number of aryl methyl sites for hydroxylation is 1. The number of amides is 2. The summed E-state index contributed by atoms with van der Waals surface area (Å²) in [5.74, 6) is -1.10. The average Bonchev–Trinajstić information content (AvgIpc) is 2.84. The number of rotatable bonds is 2. The molecular formula is C13H20N4O2. The Hall–Kier alpha value is -1.85. The van der Waals surface area contributed by atoms with E-state index in [4.69, 9.17) is 0 Å². The topological polar surface area (TPSA) is 76.0 Å². The van der Waals surface area contributed by atoms with E-state index in [-0.39, 0.29) is 23.1 Å². The first-order chi connectivity index (χ1) is 8.79. The van der Waals surface area contributed by atoms with E-state index in [2.05, 4.69) is 15.7 Å². The zero-order chi connectivity index (χ0) is 14.2. The predicted octanol–water partition coefficient (Wildman–Crippen LogP) is 0.767. The monoisotopic (exact) mass is 264 g/mol. The summed E-state index contributed by atoms with van der Waals surface area (Å²) >= 11 is 0. The van der Waals surface area contributed by atoms with E-state index in [0.717, 1.165) is 0 Å². The molecule has 1 aliphatic heterocycles. The van der Waals surface area contributed by atoms with Crippen molar-refractivity contribution in [2.45, 2.75) is 20.8 Å². The second-order valence-corrected chi connectivity index (χ2v) is 6.09. The van der Waals surface area contributed by atoms with Crippen LogP contribution in [0.2, 0.25) is 0 Å². The molecular weight excluding hydrogens is 244 g/mol. The maximum atomic E-state index is 12.3. The Morgan fingerprint density at radius 1 is 1.53 bits per heavy atom. The Bertz CT molecular complexity index is 501. The Labute approximate surface area is 112 Å². The third-order valence-corrected chi connectivity index (χ3v) is 3.55. The molecule has 1 aromatic rings. The molecule has 19 heavy (non-hydrogen) atoms. The first-order valence-electron chi connectivity index (χ1n) is 6.36. The molecule has 1 fully saturated rings. The highest BCUT2D eigenvalue weighted by Crippen LogP contribution is 2.35. The van der Waals surface area contributed by atoms with Crippen molar-refractivity contribution >= 4 is 17.5 Å². The summed E-state index contributed by atoms with van der Waals surface area (Å²) in [6, 6.07) is 0. The minimum Gasteiger partial charge on any atom is -0.355 e. The molecule has 6 heteroatoms. The van der Waals surface area contributed by atoms with E-state index in [0.29, 0.717) is 12.2 Å². The molecule has 1 aromatic heterocycles. The summed E-state index contributed by atoms with van der Waals surface area (Å²) in [6.45, 7) is 6.68. The van der Waals surface area contributed by atoms with Crippen LogP contribution >= 0.6 is 0 Å². The quantitative estimate of drug-likeness (QED) is 0.775. The van der Waals surface area contributed by atoms with Crippen LogP contribution in [0.4, 0.5) is 5.69 Å². The fourth-order valence-electron chi connectivity index (χ4n) is 2.43. The maximum Gasteiger partial charge on any atom is 0.237 e. The molecule has 0 spiro atoms. The van der Waals surface area contributed by atoms with Crippen molar-refractivity contribution in [3.8, 4) is 0 Å². The number of nitrogens with one attached hydrogen (secondary N) is 2. The molecule has 1 saturated heterocycles. The first kappa shape index (κ1) is 13.6. The summed E-state index contributed by atoms with van der Waals surface area (Å²) in [4.78, 5) is 24.2. The maximum absolute atomic E-state index is 12.3. The van der Waals surface area contributed by atoms with Gasteiger partial charge in [0.1, 0.15) is 5.92 Å². The Morgan fingerprint density at radius 3 is 2.74 bits per heavy atom. The second kappa shape index (κ2) is 4.68. The lowest BCUT2D eigenvalue weighted by atomic mass is 9.74. The van der Waals surface area contributed by atoms with Crippen LogP contribution in [0.25, 0.3) is 0 Å². The van der Waals surface area contributed by atoms with Crippen molar-refractivity contribution in [3.05, 3.63) is 12.4 Å². The van der Waals surface area contributed by atoms with Gasteiger partial charge in [0.2, 0.25) is 11.8 Å². The number of carbonyl (C=O) groups excluding carboxylic acids is 2. The second-order valence-electron chi connectivity index (χ2n) is 6.09. The number of anilines is 1. The minimum absolute atomic E-state index is 0.00308. The van der Waals surface area contributed by atoms with Gasteiger partial charge < -0.3 is 10.6 Å². The van der Waals surface area contributed by atoms with Gasteiger partial charge in [-0.1, -0.05) is 20.8 Å². The van der Waals surface area contributed by atoms with Gasteiger partial charge in [0.05, 0.1) is 11.9 Å². The van der Waals surface area contributed by atoms with Crippen molar-refractivity contribution in [2.75, 3.05) is 11.9 Å². The molecule has 2 amide bonds. The van der Waals surface area contributed by atoms with Gasteiger partial charge >= 0.3 is 0 Å². The number of aromatic nitrogens is 2. The summed E-state index contributed by atoms with van der Waals surface area (Å²) < 4.78 is 1.60. The van der Waals surface area contributed by atoms with Gasteiger partial charge in [-0.15, -0.1) is 0 Å². The van der Waals surface area contributed by atoms with Crippen LogP contribution in [0.15, 0.2) is 12.4 Å². The van der Waals surface area contributed by atoms with Gasteiger partial charge in [0.25, 0.3) is 0 Å². The Kier molecular flexibility index (Phi) is 3.34. The van der Waals surface area contributed by atoms with Gasteiger partial charge in [-0.3, -0.25) is 14.3 Å². The van der Waals surface area contributed by atoms with Gasteiger partial charge in [0.15, 0.2) is 0 Å². The fraction of sp³-hybridized carbons (Fsp3) is 0.615. The molecule has 0 unspecified atom stereocenters. The van der Waals surface area contributed by atoms with Gasteiger partial charge in [-0.25, -0.2) is 0 Å². The first-order valence-corrected chi connectivity index (χ1v) is 6.36. The number of hydrogen-bond acceptors (Lipinski definition) is 3. The predicted molar refractivity (Wildman–Crippen MR) is 71.3 cm³/mol. The fourth-order valence-corrected chi connectivity index (χ4v) is 2.43. The molecule has 0 aromatic carbocycles. The van der Waals surface area contributed by atoms with Crippen molar-refractivity contribution in [1.82, 2.24) is 15.1 Å². The molecule has 2 rings (SSSR count). The van der Waals surface area contributed by atoms with Crippen LogP contribution in [0.5, 0.6) is 0 Å². The average molecular weight is 264 g/mol. The molecule has 2 N–H and O–H groups in total. The van der Waals surface area contributed by atoms with Crippen LogP contribution in [0.3, 0.4) is 0 Å². The lowest BCUT2D eigenvalue weighted by molar-refractivity contribution is -0.132. The summed E-state index contributed by atoms with van der Waals surface area (Å²) in [7, 11) is 1.77. The van der Waals surface area contributed by atoms with E-state index < -0.39 is 5.92 Å². The molecule has 2 heterocycles. The Morgan fingerprint density at radius 2 is 2.21 bits per heavy atom. The number of hydrogen-bond donors (Lipinski definition) is 2. The SMILES string of the molecule is Cn1cc(NC(=O)[C@H]2C(=O)NC[C@@H]2C(C)(C)C)cn1. The zero-order valence-corrected chi connectivity index (χ0v) is 11.7. The van der Waals surface area contributed by atoms with Crippen LogP contribution in [-0.4, -0.2) is 28.1 Å². The van der Waals surface area contributed by atoms with Crippen LogP contribution in [0, 0.1) is 17.3 Å². The largest absolute Gasteiger partial charge is 0.355 e. The highest BCUT2D eigenvalue weighted by Gasteiger charge is 2.45. The summed E-state index contributed by atoms with van der Waals surface area (Å²) in [5.41, 5.74) is 0.510. The van der Waals surface area contributed by atoms with Crippen LogP contribution < -0.4 is 10.6 Å². The van der Waals surface area contributed by atoms with Gasteiger partial charge in [0, 0.05) is 25.7 Å². The lowest BCUT2D eigenvalue weighted by Crippen LogP contribution is -2.37. The van der Waals surface area contributed by atoms with Gasteiger partial charge in [-0.05, 0) is 5.41 Å². The molecule has 104 valence electrons. The van der Waals surface area contributed by atoms with E-state index in [1.165, 1.54) is 0 Å².